The number of hydrogen-bond donors (Lipinski definition) is 1. The summed E-state index contributed by atoms with van der Waals surface area (Å²) in [6.45, 7) is 10.9. The van der Waals surface area contributed by atoms with Crippen molar-refractivity contribution in [3.05, 3.63) is 46.8 Å². The van der Waals surface area contributed by atoms with Crippen LogP contribution in [-0.2, 0) is 6.54 Å². The largest absolute Gasteiger partial charge is 0.491 e. The highest BCUT2D eigenvalue weighted by Crippen LogP contribution is 2.23. The lowest BCUT2D eigenvalue weighted by Gasteiger charge is -2.17. The zero-order valence-corrected chi connectivity index (χ0v) is 13.4. The Bertz CT molecular complexity index is 571. The minimum atomic E-state index is 0.172. The van der Waals surface area contributed by atoms with Crippen molar-refractivity contribution < 1.29 is 9.26 Å². The molecular weight excluding hydrogens is 264 g/mol. The molecule has 4 nitrogen and oxygen atoms in total. The molecule has 1 aromatic carbocycles. The summed E-state index contributed by atoms with van der Waals surface area (Å²) in [5, 5.41) is 7.53. The van der Waals surface area contributed by atoms with Crippen LogP contribution in [0.25, 0.3) is 0 Å². The van der Waals surface area contributed by atoms with E-state index in [9.17, 15) is 0 Å². The first kappa shape index (κ1) is 15.6. The third-order valence-electron chi connectivity index (χ3n) is 3.46. The molecular formula is C17H24N2O2. The van der Waals surface area contributed by atoms with E-state index in [2.05, 4.69) is 23.5 Å². The molecule has 0 amide bonds. The minimum absolute atomic E-state index is 0.172. The van der Waals surface area contributed by atoms with Gasteiger partial charge in [0.05, 0.1) is 11.8 Å². The maximum atomic E-state index is 5.84. The van der Waals surface area contributed by atoms with Crippen LogP contribution < -0.4 is 10.1 Å². The Hall–Kier alpha value is -1.81. The molecule has 0 radical (unpaired) electrons. The number of rotatable bonds is 6. The number of hydrogen-bond acceptors (Lipinski definition) is 4. The Morgan fingerprint density at radius 3 is 2.52 bits per heavy atom. The molecule has 0 bridgehead atoms. The van der Waals surface area contributed by atoms with Gasteiger partial charge in [-0.2, -0.15) is 0 Å². The van der Waals surface area contributed by atoms with Gasteiger partial charge in [-0.05, 0) is 40.7 Å². The zero-order valence-electron chi connectivity index (χ0n) is 13.4. The Balaban J connectivity index is 2.06. The van der Waals surface area contributed by atoms with E-state index in [0.717, 1.165) is 34.9 Å². The molecule has 1 atom stereocenters. The maximum absolute atomic E-state index is 5.84. The molecule has 1 N–H and O–H groups in total. The highest BCUT2D eigenvalue weighted by atomic mass is 16.5. The van der Waals surface area contributed by atoms with Crippen molar-refractivity contribution >= 4 is 0 Å². The summed E-state index contributed by atoms with van der Waals surface area (Å²) in [6, 6.07) is 8.31. The summed E-state index contributed by atoms with van der Waals surface area (Å²) in [5.74, 6) is 1.81. The van der Waals surface area contributed by atoms with E-state index in [1.165, 1.54) is 0 Å². The normalized spacial score (nSPS) is 12.7. The molecule has 0 saturated carbocycles. The van der Waals surface area contributed by atoms with Gasteiger partial charge in [-0.25, -0.2) is 0 Å². The highest BCUT2D eigenvalue weighted by Gasteiger charge is 2.16. The fraction of sp³-hybridized carbons (Fsp3) is 0.471. The van der Waals surface area contributed by atoms with Crippen LogP contribution in [0.5, 0.6) is 5.75 Å². The first-order valence-electron chi connectivity index (χ1n) is 7.39. The SMILES string of the molecule is Cc1noc(C)c1C(C)NCc1ccccc1OC(C)C. The van der Waals surface area contributed by atoms with Crippen LogP contribution in [0, 0.1) is 13.8 Å². The van der Waals surface area contributed by atoms with Gasteiger partial charge in [0.2, 0.25) is 0 Å². The molecule has 0 aliphatic carbocycles. The first-order chi connectivity index (χ1) is 9.99. The topological polar surface area (TPSA) is 47.3 Å². The summed E-state index contributed by atoms with van der Waals surface area (Å²) in [7, 11) is 0. The summed E-state index contributed by atoms with van der Waals surface area (Å²) in [5.41, 5.74) is 3.24. The van der Waals surface area contributed by atoms with Crippen molar-refractivity contribution in [1.29, 1.82) is 0 Å². The lowest BCUT2D eigenvalue weighted by Crippen LogP contribution is -2.20. The maximum Gasteiger partial charge on any atom is 0.138 e. The fourth-order valence-electron chi connectivity index (χ4n) is 2.49. The first-order valence-corrected chi connectivity index (χ1v) is 7.39. The number of nitrogens with zero attached hydrogens (tertiary/aromatic N) is 1. The Morgan fingerprint density at radius 2 is 1.90 bits per heavy atom. The average molecular weight is 288 g/mol. The monoisotopic (exact) mass is 288 g/mol. The molecule has 114 valence electrons. The van der Waals surface area contributed by atoms with E-state index >= 15 is 0 Å². The average Bonchev–Trinajstić information content (AvgIpc) is 2.76. The Labute approximate surface area is 126 Å². The Morgan fingerprint density at radius 1 is 1.19 bits per heavy atom. The molecule has 0 saturated heterocycles. The van der Waals surface area contributed by atoms with E-state index in [1.54, 1.807) is 0 Å². The van der Waals surface area contributed by atoms with Gasteiger partial charge in [0, 0.05) is 23.7 Å². The number of nitrogens with one attached hydrogen (secondary N) is 1. The van der Waals surface area contributed by atoms with Gasteiger partial charge in [0.15, 0.2) is 0 Å². The van der Waals surface area contributed by atoms with E-state index < -0.39 is 0 Å². The van der Waals surface area contributed by atoms with Crippen molar-refractivity contribution in [2.24, 2.45) is 0 Å². The van der Waals surface area contributed by atoms with E-state index in [1.807, 2.05) is 45.9 Å². The Kier molecular flexibility index (Phi) is 5.02. The van der Waals surface area contributed by atoms with E-state index in [-0.39, 0.29) is 12.1 Å². The van der Waals surface area contributed by atoms with Crippen molar-refractivity contribution in [3.8, 4) is 5.75 Å². The van der Waals surface area contributed by atoms with Gasteiger partial charge in [-0.15, -0.1) is 0 Å². The van der Waals surface area contributed by atoms with Gasteiger partial charge >= 0.3 is 0 Å². The molecule has 0 aliphatic rings. The standard InChI is InChI=1S/C17H24N2O2/c1-11(2)20-16-9-7-6-8-15(16)10-18-12(3)17-13(4)19-21-14(17)5/h6-9,11-12,18H,10H2,1-5H3. The summed E-state index contributed by atoms with van der Waals surface area (Å²) in [6.07, 6.45) is 0.172. The van der Waals surface area contributed by atoms with Gasteiger partial charge in [-0.1, -0.05) is 23.4 Å². The molecule has 0 aliphatic heterocycles. The van der Waals surface area contributed by atoms with Crippen molar-refractivity contribution in [2.45, 2.75) is 53.3 Å². The quantitative estimate of drug-likeness (QED) is 0.875. The summed E-state index contributed by atoms with van der Waals surface area (Å²) in [4.78, 5) is 0. The molecule has 1 aromatic heterocycles. The highest BCUT2D eigenvalue weighted by molar-refractivity contribution is 5.33. The second-order valence-corrected chi connectivity index (χ2v) is 5.61. The van der Waals surface area contributed by atoms with E-state index in [0.29, 0.717) is 0 Å². The number of ether oxygens (including phenoxy) is 1. The lowest BCUT2D eigenvalue weighted by molar-refractivity contribution is 0.239. The second-order valence-electron chi connectivity index (χ2n) is 5.61. The second kappa shape index (κ2) is 6.76. The van der Waals surface area contributed by atoms with Crippen LogP contribution in [-0.4, -0.2) is 11.3 Å². The number of para-hydroxylation sites is 1. The summed E-state index contributed by atoms with van der Waals surface area (Å²) >= 11 is 0. The molecule has 21 heavy (non-hydrogen) atoms. The summed E-state index contributed by atoms with van der Waals surface area (Å²) < 4.78 is 11.1. The third kappa shape index (κ3) is 3.85. The fourth-order valence-corrected chi connectivity index (χ4v) is 2.49. The number of aryl methyl sites for hydroxylation is 2. The minimum Gasteiger partial charge on any atom is -0.491 e. The van der Waals surface area contributed by atoms with E-state index in [4.69, 9.17) is 9.26 Å². The van der Waals surface area contributed by atoms with Crippen LogP contribution in [0.4, 0.5) is 0 Å². The molecule has 2 rings (SSSR count). The van der Waals surface area contributed by atoms with Gasteiger partial charge < -0.3 is 14.6 Å². The molecule has 1 heterocycles. The number of aromatic nitrogens is 1. The zero-order chi connectivity index (χ0) is 15.4. The van der Waals surface area contributed by atoms with Crippen LogP contribution in [0.1, 0.15) is 49.4 Å². The molecule has 0 fully saturated rings. The van der Waals surface area contributed by atoms with Gasteiger partial charge in [-0.3, -0.25) is 0 Å². The van der Waals surface area contributed by atoms with Gasteiger partial charge in [0.1, 0.15) is 11.5 Å². The predicted molar refractivity (Wildman–Crippen MR) is 83.4 cm³/mol. The lowest BCUT2D eigenvalue weighted by atomic mass is 10.1. The number of benzene rings is 1. The molecule has 1 unspecified atom stereocenters. The molecule has 4 heteroatoms. The smallest absolute Gasteiger partial charge is 0.138 e. The van der Waals surface area contributed by atoms with Crippen molar-refractivity contribution in [3.63, 3.8) is 0 Å². The molecule has 2 aromatic rings. The third-order valence-corrected chi connectivity index (χ3v) is 3.46. The van der Waals surface area contributed by atoms with Crippen molar-refractivity contribution in [1.82, 2.24) is 10.5 Å². The van der Waals surface area contributed by atoms with Gasteiger partial charge in [0.25, 0.3) is 0 Å². The van der Waals surface area contributed by atoms with Crippen LogP contribution in [0.3, 0.4) is 0 Å². The van der Waals surface area contributed by atoms with Crippen LogP contribution in [0.2, 0.25) is 0 Å². The van der Waals surface area contributed by atoms with Crippen LogP contribution >= 0.6 is 0 Å². The molecule has 0 spiro atoms. The van der Waals surface area contributed by atoms with Crippen LogP contribution in [0.15, 0.2) is 28.8 Å². The predicted octanol–water partition coefficient (Wildman–Crippen LogP) is 3.93. The van der Waals surface area contributed by atoms with Crippen molar-refractivity contribution in [2.75, 3.05) is 0 Å².